The van der Waals surface area contributed by atoms with E-state index < -0.39 is 0 Å². The molecular formula is C63H41N5. The minimum Gasteiger partial charge on any atom is -0.309 e. The predicted octanol–water partition coefficient (Wildman–Crippen LogP) is 16.1. The Morgan fingerprint density at radius 2 is 0.647 bits per heavy atom. The molecular weight excluding hydrogens is 827 g/mol. The number of hydrogen-bond donors (Lipinski definition) is 0. The van der Waals surface area contributed by atoms with Gasteiger partial charge in [0.1, 0.15) is 0 Å². The maximum atomic E-state index is 5.34. The molecule has 10 aromatic carbocycles. The second-order valence-corrected chi connectivity index (χ2v) is 17.2. The molecule has 0 radical (unpaired) electrons. The van der Waals surface area contributed by atoms with E-state index in [-0.39, 0.29) is 0 Å². The third-order valence-corrected chi connectivity index (χ3v) is 13.2. The van der Waals surface area contributed by atoms with E-state index >= 15 is 0 Å². The minimum absolute atomic E-state index is 0.555. The van der Waals surface area contributed by atoms with Crippen molar-refractivity contribution in [1.82, 2.24) is 24.1 Å². The van der Waals surface area contributed by atoms with Crippen molar-refractivity contribution in [3.05, 3.63) is 249 Å². The molecule has 5 heteroatoms. The zero-order valence-corrected chi connectivity index (χ0v) is 36.9. The first-order valence-corrected chi connectivity index (χ1v) is 23.0. The quantitative estimate of drug-likeness (QED) is 0.153. The van der Waals surface area contributed by atoms with Crippen LogP contribution in [0.2, 0.25) is 0 Å². The average Bonchev–Trinajstić information content (AvgIpc) is 3.92. The number of aromatic nitrogens is 5. The summed E-state index contributed by atoms with van der Waals surface area (Å²) < 4.78 is 4.69. The van der Waals surface area contributed by atoms with Crippen LogP contribution in [0.4, 0.5) is 0 Å². The van der Waals surface area contributed by atoms with Crippen LogP contribution in [-0.4, -0.2) is 24.1 Å². The molecule has 0 aliphatic carbocycles. The lowest BCUT2D eigenvalue weighted by Crippen LogP contribution is -2.06. The van der Waals surface area contributed by atoms with E-state index in [1.54, 1.807) is 0 Å². The zero-order chi connectivity index (χ0) is 45.0. The Morgan fingerprint density at radius 1 is 0.235 bits per heavy atom. The van der Waals surface area contributed by atoms with E-state index in [1.807, 2.05) is 24.3 Å². The molecule has 13 rings (SSSR count). The Hall–Kier alpha value is -9.19. The molecule has 0 spiro atoms. The fourth-order valence-electron chi connectivity index (χ4n) is 9.93. The number of hydrogen-bond acceptors (Lipinski definition) is 3. The van der Waals surface area contributed by atoms with E-state index in [0.29, 0.717) is 17.6 Å². The first-order chi connectivity index (χ1) is 33.7. The number of benzene rings is 10. The minimum atomic E-state index is 0.555. The monoisotopic (exact) mass is 867 g/mol. The Morgan fingerprint density at radius 3 is 1.26 bits per heavy atom. The standard InChI is InChI=1S/C63H41N5/c1-5-18-42(19-6-1)44-32-34-47(35-33-44)62-64-61(46-24-11-4-12-25-46)65-63(66-62)68-57-31-16-14-29-53(57)55-40-54-52-28-13-15-30-56(52)67(59(54)41-60(55)68)58-39-50(36-37-51(58)45-22-9-3-10-23-45)49-27-17-26-48(38-49)43-20-7-2-8-21-43/h1-41H. The van der Waals surface area contributed by atoms with Crippen LogP contribution in [0.5, 0.6) is 0 Å². The van der Waals surface area contributed by atoms with E-state index in [0.717, 1.165) is 83.0 Å². The molecule has 318 valence electrons. The van der Waals surface area contributed by atoms with Gasteiger partial charge in [0.15, 0.2) is 11.6 Å². The van der Waals surface area contributed by atoms with Gasteiger partial charge in [-0.15, -0.1) is 0 Å². The van der Waals surface area contributed by atoms with Gasteiger partial charge in [0.05, 0.1) is 27.8 Å². The van der Waals surface area contributed by atoms with Gasteiger partial charge in [-0.05, 0) is 75.3 Å². The van der Waals surface area contributed by atoms with E-state index in [9.17, 15) is 0 Å². The van der Waals surface area contributed by atoms with Gasteiger partial charge in [0.25, 0.3) is 0 Å². The maximum Gasteiger partial charge on any atom is 0.238 e. The van der Waals surface area contributed by atoms with Crippen LogP contribution >= 0.6 is 0 Å². The molecule has 68 heavy (non-hydrogen) atoms. The van der Waals surface area contributed by atoms with Crippen LogP contribution in [0, 0.1) is 0 Å². The van der Waals surface area contributed by atoms with Crippen LogP contribution in [-0.2, 0) is 0 Å². The highest BCUT2D eigenvalue weighted by atomic mass is 15.2. The lowest BCUT2D eigenvalue weighted by molar-refractivity contribution is 0.953. The highest BCUT2D eigenvalue weighted by Crippen LogP contribution is 2.42. The van der Waals surface area contributed by atoms with Gasteiger partial charge < -0.3 is 4.57 Å². The predicted molar refractivity (Wildman–Crippen MR) is 281 cm³/mol. The van der Waals surface area contributed by atoms with Crippen molar-refractivity contribution in [3.63, 3.8) is 0 Å². The van der Waals surface area contributed by atoms with Crippen LogP contribution in [0.1, 0.15) is 0 Å². The summed E-state index contributed by atoms with van der Waals surface area (Å²) in [7, 11) is 0. The maximum absolute atomic E-state index is 5.34. The van der Waals surface area contributed by atoms with Crippen molar-refractivity contribution < 1.29 is 0 Å². The summed E-state index contributed by atoms with van der Waals surface area (Å²) in [4.78, 5) is 15.8. The fourth-order valence-corrected chi connectivity index (χ4v) is 9.93. The molecule has 0 atom stereocenters. The molecule has 13 aromatic rings. The van der Waals surface area contributed by atoms with Gasteiger partial charge in [0.2, 0.25) is 5.95 Å². The molecule has 0 aliphatic rings. The van der Waals surface area contributed by atoms with Crippen molar-refractivity contribution >= 4 is 43.6 Å². The third-order valence-electron chi connectivity index (χ3n) is 13.2. The summed E-state index contributed by atoms with van der Waals surface area (Å²) in [6, 6.07) is 88.4. The van der Waals surface area contributed by atoms with Crippen LogP contribution in [0.3, 0.4) is 0 Å². The molecule has 5 nitrogen and oxygen atoms in total. The number of para-hydroxylation sites is 2. The van der Waals surface area contributed by atoms with Crippen molar-refractivity contribution in [2.45, 2.75) is 0 Å². The average molecular weight is 868 g/mol. The van der Waals surface area contributed by atoms with Gasteiger partial charge in [-0.25, -0.2) is 4.98 Å². The molecule has 0 fully saturated rings. The largest absolute Gasteiger partial charge is 0.309 e. The first kappa shape index (κ1) is 39.2. The lowest BCUT2D eigenvalue weighted by Gasteiger charge is -2.17. The number of rotatable bonds is 8. The Balaban J connectivity index is 1.07. The van der Waals surface area contributed by atoms with Crippen molar-refractivity contribution in [1.29, 1.82) is 0 Å². The van der Waals surface area contributed by atoms with Gasteiger partial charge >= 0.3 is 0 Å². The second-order valence-electron chi connectivity index (χ2n) is 17.2. The van der Waals surface area contributed by atoms with Gasteiger partial charge in [-0.2, -0.15) is 9.97 Å². The van der Waals surface area contributed by atoms with Crippen molar-refractivity contribution in [2.75, 3.05) is 0 Å². The van der Waals surface area contributed by atoms with Crippen LogP contribution in [0.25, 0.3) is 123 Å². The Kier molecular flexibility index (Phi) is 9.43. The molecule has 0 unspecified atom stereocenters. The van der Waals surface area contributed by atoms with E-state index in [2.05, 4.69) is 234 Å². The summed E-state index contributed by atoms with van der Waals surface area (Å²) in [5.41, 5.74) is 16.4. The molecule has 0 amide bonds. The van der Waals surface area contributed by atoms with Crippen molar-refractivity contribution in [2.24, 2.45) is 0 Å². The van der Waals surface area contributed by atoms with Crippen LogP contribution < -0.4 is 0 Å². The van der Waals surface area contributed by atoms with Crippen LogP contribution in [0.15, 0.2) is 249 Å². The molecule has 0 N–H and O–H groups in total. The molecule has 3 heterocycles. The number of nitrogens with zero attached hydrogens (tertiary/aromatic N) is 5. The normalized spacial score (nSPS) is 11.5. The molecule has 0 saturated carbocycles. The number of fused-ring (bicyclic) bond motifs is 6. The summed E-state index contributed by atoms with van der Waals surface area (Å²) in [6.07, 6.45) is 0. The SMILES string of the molecule is c1ccc(-c2ccc(-c3nc(-c4ccccc4)nc(-n4c5ccccc5c5cc6c7ccccc7n(-c7cc(-c8cccc(-c9ccccc9)c8)ccc7-c7ccccc7)c6cc54)n3)cc2)cc1. The van der Waals surface area contributed by atoms with Gasteiger partial charge in [0, 0.05) is 38.2 Å². The second kappa shape index (κ2) is 16.4. The molecule has 0 saturated heterocycles. The van der Waals surface area contributed by atoms with Gasteiger partial charge in [-0.1, -0.05) is 212 Å². The summed E-state index contributed by atoms with van der Waals surface area (Å²) in [5.74, 6) is 1.77. The summed E-state index contributed by atoms with van der Waals surface area (Å²) in [6.45, 7) is 0. The lowest BCUT2D eigenvalue weighted by atomic mass is 9.95. The molecule has 3 aromatic heterocycles. The highest BCUT2D eigenvalue weighted by molar-refractivity contribution is 6.19. The summed E-state index contributed by atoms with van der Waals surface area (Å²) in [5, 5.41) is 4.61. The Bertz CT molecular complexity index is 3990. The topological polar surface area (TPSA) is 48.5 Å². The smallest absolute Gasteiger partial charge is 0.238 e. The van der Waals surface area contributed by atoms with E-state index in [1.165, 1.54) is 21.9 Å². The molecule has 0 aliphatic heterocycles. The first-order valence-electron chi connectivity index (χ1n) is 23.0. The highest BCUT2D eigenvalue weighted by Gasteiger charge is 2.23. The summed E-state index contributed by atoms with van der Waals surface area (Å²) >= 11 is 0. The molecule has 0 bridgehead atoms. The third kappa shape index (κ3) is 6.76. The van der Waals surface area contributed by atoms with Crippen molar-refractivity contribution in [3.8, 4) is 78.9 Å². The zero-order valence-electron chi connectivity index (χ0n) is 36.9. The fraction of sp³-hybridized carbons (Fsp3) is 0. The van der Waals surface area contributed by atoms with E-state index in [4.69, 9.17) is 15.0 Å². The Labute approximate surface area is 393 Å². The van der Waals surface area contributed by atoms with Gasteiger partial charge in [-0.3, -0.25) is 4.57 Å².